The van der Waals surface area contributed by atoms with Crippen LogP contribution in [0.15, 0.2) is 28.8 Å². The molecule has 100 valence electrons. The standard InChI is InChI=1S/C13H13NO5/c1-17-7-9-5-8(3-4-11(9)18-2)10-6-12(13(15)16)19-14-10/h3-6H,7H2,1-2H3,(H,15,16). The first-order chi connectivity index (χ1) is 9.15. The predicted molar refractivity (Wildman–Crippen MR) is 66.2 cm³/mol. The highest BCUT2D eigenvalue weighted by molar-refractivity contribution is 5.85. The van der Waals surface area contributed by atoms with Crippen molar-refractivity contribution >= 4 is 5.97 Å². The minimum absolute atomic E-state index is 0.195. The molecule has 0 spiro atoms. The van der Waals surface area contributed by atoms with Crippen LogP contribution in [0.5, 0.6) is 5.75 Å². The van der Waals surface area contributed by atoms with Gasteiger partial charge in [-0.1, -0.05) is 5.16 Å². The summed E-state index contributed by atoms with van der Waals surface area (Å²) in [5.74, 6) is -0.643. The number of methoxy groups -OCH3 is 2. The molecule has 0 aliphatic rings. The molecule has 1 aromatic carbocycles. The first kappa shape index (κ1) is 13.1. The summed E-state index contributed by atoms with van der Waals surface area (Å²) in [5.41, 5.74) is 2.05. The fraction of sp³-hybridized carbons (Fsp3) is 0.231. The number of carboxylic acids is 1. The molecule has 1 heterocycles. The van der Waals surface area contributed by atoms with Crippen molar-refractivity contribution in [1.29, 1.82) is 0 Å². The van der Waals surface area contributed by atoms with E-state index in [1.165, 1.54) is 6.07 Å². The highest BCUT2D eigenvalue weighted by Gasteiger charge is 2.13. The van der Waals surface area contributed by atoms with E-state index in [0.717, 1.165) is 11.1 Å². The first-order valence-electron chi connectivity index (χ1n) is 5.52. The molecule has 1 aromatic heterocycles. The van der Waals surface area contributed by atoms with Gasteiger partial charge < -0.3 is 19.1 Å². The number of carbonyl (C=O) groups is 1. The van der Waals surface area contributed by atoms with E-state index in [4.69, 9.17) is 19.1 Å². The van der Waals surface area contributed by atoms with Gasteiger partial charge in [-0.05, 0) is 18.2 Å². The molecule has 19 heavy (non-hydrogen) atoms. The Kier molecular flexibility index (Phi) is 3.82. The summed E-state index contributed by atoms with van der Waals surface area (Å²) in [5, 5.41) is 12.5. The van der Waals surface area contributed by atoms with Crippen LogP contribution in [-0.4, -0.2) is 30.5 Å². The lowest BCUT2D eigenvalue weighted by atomic mass is 10.1. The largest absolute Gasteiger partial charge is 0.496 e. The van der Waals surface area contributed by atoms with Crippen LogP contribution in [0.25, 0.3) is 11.3 Å². The van der Waals surface area contributed by atoms with Crippen molar-refractivity contribution in [2.45, 2.75) is 6.61 Å². The lowest BCUT2D eigenvalue weighted by molar-refractivity contribution is 0.0652. The summed E-state index contributed by atoms with van der Waals surface area (Å²) in [6.07, 6.45) is 0. The Bertz CT molecular complexity index is 590. The van der Waals surface area contributed by atoms with E-state index in [2.05, 4.69) is 5.16 Å². The molecule has 0 atom stereocenters. The fourth-order valence-corrected chi connectivity index (χ4v) is 1.72. The van der Waals surface area contributed by atoms with Gasteiger partial charge in [-0.15, -0.1) is 0 Å². The third-order valence-electron chi connectivity index (χ3n) is 2.60. The van der Waals surface area contributed by atoms with Gasteiger partial charge in [0.25, 0.3) is 0 Å². The third kappa shape index (κ3) is 2.74. The van der Waals surface area contributed by atoms with Crippen LogP contribution >= 0.6 is 0 Å². The molecule has 2 rings (SSSR count). The Morgan fingerprint density at radius 3 is 2.74 bits per heavy atom. The number of rotatable bonds is 5. The highest BCUT2D eigenvalue weighted by atomic mass is 16.5. The van der Waals surface area contributed by atoms with Gasteiger partial charge in [0.15, 0.2) is 0 Å². The monoisotopic (exact) mass is 263 g/mol. The molecule has 0 aliphatic heterocycles. The zero-order chi connectivity index (χ0) is 13.8. The summed E-state index contributed by atoms with van der Waals surface area (Å²) >= 11 is 0. The Morgan fingerprint density at radius 1 is 1.37 bits per heavy atom. The molecule has 0 unspecified atom stereocenters. The van der Waals surface area contributed by atoms with Crippen molar-refractivity contribution in [3.8, 4) is 17.0 Å². The highest BCUT2D eigenvalue weighted by Crippen LogP contribution is 2.27. The fourth-order valence-electron chi connectivity index (χ4n) is 1.72. The SMILES string of the molecule is COCc1cc(-c2cc(C(=O)O)on2)ccc1OC. The minimum atomic E-state index is -1.15. The summed E-state index contributed by atoms with van der Waals surface area (Å²) in [4.78, 5) is 10.7. The third-order valence-corrected chi connectivity index (χ3v) is 2.60. The van der Waals surface area contributed by atoms with Crippen molar-refractivity contribution in [2.24, 2.45) is 0 Å². The number of aromatic carboxylic acids is 1. The average molecular weight is 263 g/mol. The lowest BCUT2D eigenvalue weighted by Gasteiger charge is -2.08. The Balaban J connectivity index is 2.38. The Morgan fingerprint density at radius 2 is 2.16 bits per heavy atom. The second-order valence-electron chi connectivity index (χ2n) is 3.84. The molecule has 0 radical (unpaired) electrons. The molecule has 6 heteroatoms. The smallest absolute Gasteiger partial charge is 0.374 e. The lowest BCUT2D eigenvalue weighted by Crippen LogP contribution is -1.94. The Labute approximate surface area is 109 Å². The molecule has 0 saturated carbocycles. The molecule has 1 N–H and O–H groups in total. The van der Waals surface area contributed by atoms with Gasteiger partial charge in [0.1, 0.15) is 11.4 Å². The van der Waals surface area contributed by atoms with Gasteiger partial charge >= 0.3 is 5.97 Å². The van der Waals surface area contributed by atoms with Crippen molar-refractivity contribution in [2.75, 3.05) is 14.2 Å². The molecule has 0 aliphatic carbocycles. The summed E-state index contributed by atoms with van der Waals surface area (Å²) < 4.78 is 15.0. The molecule has 6 nitrogen and oxygen atoms in total. The molecule has 0 bridgehead atoms. The zero-order valence-corrected chi connectivity index (χ0v) is 10.5. The van der Waals surface area contributed by atoms with E-state index in [9.17, 15) is 4.79 Å². The van der Waals surface area contributed by atoms with Gasteiger partial charge in [-0.3, -0.25) is 0 Å². The van der Waals surface area contributed by atoms with E-state index >= 15 is 0 Å². The van der Waals surface area contributed by atoms with E-state index in [1.807, 2.05) is 6.07 Å². The average Bonchev–Trinajstić information content (AvgIpc) is 2.89. The summed E-state index contributed by atoms with van der Waals surface area (Å²) in [6, 6.07) is 6.76. The number of hydrogen-bond donors (Lipinski definition) is 1. The van der Waals surface area contributed by atoms with E-state index in [1.54, 1.807) is 26.4 Å². The van der Waals surface area contributed by atoms with Crippen LogP contribution in [0.1, 0.15) is 16.1 Å². The first-order valence-corrected chi connectivity index (χ1v) is 5.52. The number of benzene rings is 1. The van der Waals surface area contributed by atoms with Crippen LogP contribution < -0.4 is 4.74 Å². The van der Waals surface area contributed by atoms with Crippen LogP contribution in [0.4, 0.5) is 0 Å². The van der Waals surface area contributed by atoms with Crippen LogP contribution in [0.3, 0.4) is 0 Å². The molecular weight excluding hydrogens is 250 g/mol. The molecular formula is C13H13NO5. The molecule has 0 amide bonds. The normalized spacial score (nSPS) is 10.4. The number of nitrogens with zero attached hydrogens (tertiary/aromatic N) is 1. The van der Waals surface area contributed by atoms with Crippen LogP contribution in [-0.2, 0) is 11.3 Å². The predicted octanol–water partition coefficient (Wildman–Crippen LogP) is 2.19. The summed E-state index contributed by atoms with van der Waals surface area (Å²) in [6.45, 7) is 0.390. The van der Waals surface area contributed by atoms with E-state index in [0.29, 0.717) is 18.1 Å². The van der Waals surface area contributed by atoms with Crippen LogP contribution in [0, 0.1) is 0 Å². The van der Waals surface area contributed by atoms with Gasteiger partial charge in [0.2, 0.25) is 5.76 Å². The number of hydrogen-bond acceptors (Lipinski definition) is 5. The topological polar surface area (TPSA) is 81.8 Å². The molecule has 0 saturated heterocycles. The molecule has 2 aromatic rings. The van der Waals surface area contributed by atoms with Gasteiger partial charge in [0, 0.05) is 24.3 Å². The maximum atomic E-state index is 10.7. The summed E-state index contributed by atoms with van der Waals surface area (Å²) in [7, 11) is 3.16. The maximum Gasteiger partial charge on any atom is 0.374 e. The van der Waals surface area contributed by atoms with E-state index in [-0.39, 0.29) is 5.76 Å². The van der Waals surface area contributed by atoms with Gasteiger partial charge in [-0.2, -0.15) is 0 Å². The number of ether oxygens (including phenoxy) is 2. The quantitative estimate of drug-likeness (QED) is 0.890. The second kappa shape index (κ2) is 5.53. The van der Waals surface area contributed by atoms with Crippen LogP contribution in [0.2, 0.25) is 0 Å². The van der Waals surface area contributed by atoms with Gasteiger partial charge in [0.05, 0.1) is 13.7 Å². The van der Waals surface area contributed by atoms with Gasteiger partial charge in [-0.25, -0.2) is 4.79 Å². The van der Waals surface area contributed by atoms with Crippen molar-refractivity contribution in [3.63, 3.8) is 0 Å². The maximum absolute atomic E-state index is 10.7. The second-order valence-corrected chi connectivity index (χ2v) is 3.84. The van der Waals surface area contributed by atoms with Crippen molar-refractivity contribution < 1.29 is 23.9 Å². The van der Waals surface area contributed by atoms with Crippen molar-refractivity contribution in [1.82, 2.24) is 5.16 Å². The number of carboxylic acid groups (broad SMARTS) is 1. The Hall–Kier alpha value is -2.34. The minimum Gasteiger partial charge on any atom is -0.496 e. The zero-order valence-electron chi connectivity index (χ0n) is 10.5. The number of aromatic nitrogens is 1. The molecule has 0 fully saturated rings. The van der Waals surface area contributed by atoms with Crippen molar-refractivity contribution in [3.05, 3.63) is 35.6 Å². The van der Waals surface area contributed by atoms with E-state index < -0.39 is 5.97 Å².